The summed E-state index contributed by atoms with van der Waals surface area (Å²) in [4.78, 5) is 39.7. The highest BCUT2D eigenvalue weighted by atomic mass is 19.1. The van der Waals surface area contributed by atoms with E-state index < -0.39 is 65.1 Å². The normalized spacial score (nSPS) is 37.1. The highest BCUT2D eigenvalue weighted by molar-refractivity contribution is 6.61. The summed E-state index contributed by atoms with van der Waals surface area (Å²) in [5.41, 5.74) is -2.42. The number of ether oxygens (including phenoxy) is 1. The van der Waals surface area contributed by atoms with Crippen LogP contribution in [0.25, 0.3) is 0 Å². The average Bonchev–Trinajstić information content (AvgIpc) is 3.56. The minimum atomic E-state index is -1.65. The fraction of sp³-hybridized carbons (Fsp3) is 0.625. The van der Waals surface area contributed by atoms with Gasteiger partial charge in [-0.15, -0.1) is 0 Å². The number of aliphatic hydroxyl groups is 1. The van der Waals surface area contributed by atoms with Crippen LogP contribution in [-0.2, 0) is 25.6 Å². The number of fused-ring (bicyclic) bond motifs is 1. The lowest BCUT2D eigenvalue weighted by Crippen LogP contribution is -2.63. The van der Waals surface area contributed by atoms with E-state index in [0.717, 1.165) is 0 Å². The number of carbonyl (C=O) groups excluding carboxylic acids is 2. The number of nitrogens with zero attached hydrogens (tertiary/aromatic N) is 1. The number of carboxylic acids is 1. The van der Waals surface area contributed by atoms with Crippen molar-refractivity contribution in [2.45, 2.75) is 85.5 Å². The smallest absolute Gasteiger partial charge is 0.478 e. The van der Waals surface area contributed by atoms with Gasteiger partial charge < -0.3 is 35.2 Å². The molecule has 1 aromatic carbocycles. The molecule has 244 valence electrons. The van der Waals surface area contributed by atoms with E-state index in [4.69, 9.17) is 14.6 Å². The van der Waals surface area contributed by atoms with Crippen molar-refractivity contribution in [1.82, 2.24) is 5.32 Å². The molecule has 1 amide bonds. The van der Waals surface area contributed by atoms with Crippen molar-refractivity contribution in [2.24, 2.45) is 45.1 Å². The van der Waals surface area contributed by atoms with Gasteiger partial charge in [0.15, 0.2) is 17.7 Å². The molecular weight excluding hydrogens is 586 g/mol. The Balaban J connectivity index is 1.66. The molecule has 1 aromatic rings. The number of carbonyl (C=O) groups is 3. The van der Waals surface area contributed by atoms with Gasteiger partial charge in [-0.25, -0.2) is 9.18 Å². The van der Waals surface area contributed by atoms with Gasteiger partial charge in [-0.1, -0.05) is 45.0 Å². The Morgan fingerprint density at radius 3 is 2.64 bits per heavy atom. The lowest BCUT2D eigenvalue weighted by Gasteiger charge is -2.63. The van der Waals surface area contributed by atoms with E-state index in [1.54, 1.807) is 13.0 Å². The summed E-state index contributed by atoms with van der Waals surface area (Å²) < 4.78 is 26.9. The summed E-state index contributed by atoms with van der Waals surface area (Å²) in [5, 5.41) is 47.4. The Kier molecular flexibility index (Phi) is 8.69. The van der Waals surface area contributed by atoms with Crippen LogP contribution in [-0.4, -0.2) is 63.3 Å². The Labute approximate surface area is 262 Å². The van der Waals surface area contributed by atoms with Gasteiger partial charge in [0.05, 0.1) is 12.7 Å². The van der Waals surface area contributed by atoms with Gasteiger partial charge in [0, 0.05) is 29.1 Å². The highest BCUT2D eigenvalue weighted by Gasteiger charge is 2.69. The summed E-state index contributed by atoms with van der Waals surface area (Å²) >= 11 is 0. The topological polar surface area (TPSA) is 175 Å². The SMILES string of the molecule is C/C(=N/O)NC(=O)/C=C/[C@]1(C)C[C@@H](C(Oc2ccc3c(c2F)B(O)OC3)C(=O)O)[C@@]2(C)[C@H](C)CC[C@]3(CCC(=O)[C@H]32)[C@@H](C)[C@@H]1O. The van der Waals surface area contributed by atoms with Gasteiger partial charge in [-0.3, -0.25) is 9.59 Å². The summed E-state index contributed by atoms with van der Waals surface area (Å²) in [6.45, 7) is 9.01. The number of amidine groups is 1. The quantitative estimate of drug-likeness (QED) is 0.0793. The Morgan fingerprint density at radius 2 is 1.98 bits per heavy atom. The standard InChI is InChI=1S/C32H42BFN2O9/c1-16-8-12-32-13-9-21(37)27(32)31(16,5)20(14-30(4,28(39)17(32)2)11-10-23(38)35-18(3)36-43)26(29(40)41)45-22-7-6-19-15-44-33(42)24(19)25(22)34/h6-7,10-11,16-17,20,26-28,39,42-43H,8-9,12-15H2,1-5H3,(H,40,41)(H,35,36,38)/b11-10+/t16-,17+,20+,26?,27+,28+,30-,31-,32+/m1/s1. The van der Waals surface area contributed by atoms with E-state index in [9.17, 15) is 29.6 Å². The van der Waals surface area contributed by atoms with E-state index in [2.05, 4.69) is 10.5 Å². The molecular formula is C32H42BFN2O9. The molecule has 0 saturated heterocycles. The first-order valence-corrected chi connectivity index (χ1v) is 15.5. The van der Waals surface area contributed by atoms with Gasteiger partial charge >= 0.3 is 13.1 Å². The van der Waals surface area contributed by atoms with Crippen LogP contribution >= 0.6 is 0 Å². The molecule has 0 aromatic heterocycles. The first-order chi connectivity index (χ1) is 21.1. The number of amides is 1. The summed E-state index contributed by atoms with van der Waals surface area (Å²) in [7, 11) is -1.52. The van der Waals surface area contributed by atoms with Crippen molar-refractivity contribution in [3.8, 4) is 5.75 Å². The van der Waals surface area contributed by atoms with Crippen LogP contribution in [0.3, 0.4) is 0 Å². The number of aliphatic hydroxyl groups excluding tert-OH is 1. The van der Waals surface area contributed by atoms with Crippen LogP contribution in [0.15, 0.2) is 29.4 Å². The maximum Gasteiger partial charge on any atom is 0.494 e. The molecule has 3 aliphatic carbocycles. The molecule has 1 unspecified atom stereocenters. The molecule has 4 aliphatic rings. The van der Waals surface area contributed by atoms with Gasteiger partial charge in [0.25, 0.3) is 0 Å². The Hall–Kier alpha value is -3.29. The third-order valence-electron chi connectivity index (χ3n) is 11.8. The predicted octanol–water partition coefficient (Wildman–Crippen LogP) is 2.78. The second-order valence-electron chi connectivity index (χ2n) is 14.0. The maximum absolute atomic E-state index is 15.7. The van der Waals surface area contributed by atoms with Crippen molar-refractivity contribution >= 4 is 36.1 Å². The molecule has 2 bridgehead atoms. The zero-order chi connectivity index (χ0) is 33.1. The van der Waals surface area contributed by atoms with Gasteiger partial charge in [-0.2, -0.15) is 0 Å². The summed E-state index contributed by atoms with van der Waals surface area (Å²) in [6, 6.07) is 2.84. The van der Waals surface area contributed by atoms with E-state index in [1.165, 1.54) is 25.1 Å². The number of hydrogen-bond donors (Lipinski definition) is 5. The van der Waals surface area contributed by atoms with Crippen LogP contribution in [0, 0.1) is 45.7 Å². The minimum Gasteiger partial charge on any atom is -0.478 e. The van der Waals surface area contributed by atoms with Crippen molar-refractivity contribution in [2.75, 3.05) is 0 Å². The van der Waals surface area contributed by atoms with Gasteiger partial charge in [0.1, 0.15) is 11.6 Å². The van der Waals surface area contributed by atoms with E-state index in [1.807, 2.05) is 20.8 Å². The Morgan fingerprint density at radius 1 is 1.27 bits per heavy atom. The van der Waals surface area contributed by atoms with Crippen molar-refractivity contribution in [3.63, 3.8) is 0 Å². The lowest BCUT2D eigenvalue weighted by molar-refractivity contribution is -0.193. The molecule has 5 rings (SSSR count). The number of hydrogen-bond acceptors (Lipinski definition) is 9. The van der Waals surface area contributed by atoms with Crippen LogP contribution in [0.4, 0.5) is 4.39 Å². The zero-order valence-electron chi connectivity index (χ0n) is 26.2. The summed E-state index contributed by atoms with van der Waals surface area (Å²) in [6.07, 6.45) is 2.25. The lowest BCUT2D eigenvalue weighted by atomic mass is 9.41. The largest absolute Gasteiger partial charge is 0.494 e. The van der Waals surface area contributed by atoms with E-state index in [0.29, 0.717) is 31.2 Å². The van der Waals surface area contributed by atoms with Crippen LogP contribution in [0.5, 0.6) is 5.75 Å². The maximum atomic E-state index is 15.7. The van der Waals surface area contributed by atoms with Crippen molar-refractivity contribution in [1.29, 1.82) is 0 Å². The minimum absolute atomic E-state index is 0.00182. The molecule has 1 aliphatic heterocycles. The van der Waals surface area contributed by atoms with Crippen molar-refractivity contribution < 1.29 is 48.6 Å². The number of benzene rings is 1. The molecule has 5 N–H and O–H groups in total. The van der Waals surface area contributed by atoms with Crippen LogP contribution in [0.2, 0.25) is 0 Å². The van der Waals surface area contributed by atoms with E-state index in [-0.39, 0.29) is 47.7 Å². The molecule has 13 heteroatoms. The third kappa shape index (κ3) is 5.26. The number of aliphatic carboxylic acids is 1. The molecule has 3 saturated carbocycles. The fourth-order valence-electron chi connectivity index (χ4n) is 9.18. The molecule has 0 spiro atoms. The fourth-order valence-corrected chi connectivity index (χ4v) is 9.18. The molecule has 3 fully saturated rings. The first kappa shape index (κ1) is 33.1. The van der Waals surface area contributed by atoms with Crippen molar-refractivity contribution in [3.05, 3.63) is 35.7 Å². The number of rotatable bonds is 6. The summed E-state index contributed by atoms with van der Waals surface area (Å²) in [5.74, 6) is -5.26. The zero-order valence-corrected chi connectivity index (χ0v) is 26.2. The second kappa shape index (κ2) is 11.8. The van der Waals surface area contributed by atoms with Gasteiger partial charge in [-0.05, 0) is 73.0 Å². The highest BCUT2D eigenvalue weighted by Crippen LogP contribution is 2.69. The predicted molar refractivity (Wildman–Crippen MR) is 161 cm³/mol. The second-order valence-corrected chi connectivity index (χ2v) is 14.0. The number of oxime groups is 1. The van der Waals surface area contributed by atoms with Gasteiger partial charge in [0.2, 0.25) is 5.91 Å². The molecule has 1 heterocycles. The monoisotopic (exact) mass is 628 g/mol. The number of nitrogens with one attached hydrogen (secondary N) is 1. The third-order valence-corrected chi connectivity index (χ3v) is 11.8. The molecule has 9 atom stereocenters. The van der Waals surface area contributed by atoms with E-state index >= 15 is 4.39 Å². The molecule has 11 nitrogen and oxygen atoms in total. The number of halogens is 1. The van der Waals surface area contributed by atoms with Crippen LogP contribution in [0.1, 0.15) is 72.3 Å². The number of Topliss-reactive ketones (excluding diaryl/α,β-unsaturated/α-hetero) is 1. The number of carboxylic acid groups (broad SMARTS) is 1. The first-order valence-electron chi connectivity index (χ1n) is 15.5. The van der Waals surface area contributed by atoms with Crippen LogP contribution < -0.4 is 15.5 Å². The molecule has 0 radical (unpaired) electrons. The average molecular weight is 629 g/mol. The molecule has 45 heavy (non-hydrogen) atoms. The Bertz CT molecular complexity index is 1450. The number of ketones is 1.